The van der Waals surface area contributed by atoms with Gasteiger partial charge in [-0.3, -0.25) is 0 Å². The molecule has 1 aromatic carbocycles. The fourth-order valence-electron chi connectivity index (χ4n) is 1.80. The maximum absolute atomic E-state index is 13.3. The van der Waals surface area contributed by atoms with Crippen molar-refractivity contribution < 1.29 is 4.39 Å². The molecule has 1 rings (SSSR count). The number of halogens is 2. The van der Waals surface area contributed by atoms with E-state index in [1.165, 1.54) is 0 Å². The predicted octanol–water partition coefficient (Wildman–Crippen LogP) is 5.09. The van der Waals surface area contributed by atoms with Crippen LogP contribution >= 0.6 is 11.6 Å². The molecule has 0 N–H and O–H groups in total. The molecule has 0 bridgehead atoms. The van der Waals surface area contributed by atoms with Gasteiger partial charge in [-0.2, -0.15) is 0 Å². The van der Waals surface area contributed by atoms with Gasteiger partial charge in [-0.1, -0.05) is 31.5 Å². The summed E-state index contributed by atoms with van der Waals surface area (Å²) in [4.78, 5) is 2.21. The zero-order valence-electron chi connectivity index (χ0n) is 13.1. The van der Waals surface area contributed by atoms with Crippen molar-refractivity contribution in [3.05, 3.63) is 34.1 Å². The van der Waals surface area contributed by atoms with Crippen LogP contribution in [0.3, 0.4) is 0 Å². The Kier molecular flexibility index (Phi) is 9.03. The second-order valence-electron chi connectivity index (χ2n) is 4.91. The molecule has 110 valence electrons. The molecule has 1 aromatic rings. The monoisotopic (exact) mass is 287 g/mol. The van der Waals surface area contributed by atoms with Crippen LogP contribution in [-0.4, -0.2) is 25.0 Å². The zero-order chi connectivity index (χ0) is 15.0. The van der Waals surface area contributed by atoms with Crippen molar-refractivity contribution in [3.63, 3.8) is 0 Å². The van der Waals surface area contributed by atoms with E-state index in [-0.39, 0.29) is 10.8 Å². The number of rotatable bonds is 5. The highest BCUT2D eigenvalue weighted by Gasteiger charge is 2.07. The lowest BCUT2D eigenvalue weighted by molar-refractivity contribution is 0.294. The van der Waals surface area contributed by atoms with Crippen molar-refractivity contribution in [3.8, 4) is 0 Å². The molecule has 0 aliphatic heterocycles. The van der Waals surface area contributed by atoms with E-state index in [2.05, 4.69) is 25.9 Å². The number of hydrogen-bond donors (Lipinski definition) is 0. The molecule has 0 heterocycles. The minimum absolute atomic E-state index is 0.237. The van der Waals surface area contributed by atoms with Crippen molar-refractivity contribution in [2.75, 3.05) is 14.1 Å². The fraction of sp³-hybridized carbons (Fsp3) is 0.625. The van der Waals surface area contributed by atoms with E-state index in [9.17, 15) is 4.39 Å². The first-order valence-corrected chi connectivity index (χ1v) is 7.40. The lowest BCUT2D eigenvalue weighted by Gasteiger charge is -2.19. The van der Waals surface area contributed by atoms with Crippen molar-refractivity contribution >= 4 is 11.6 Å². The van der Waals surface area contributed by atoms with Crippen molar-refractivity contribution in [1.82, 2.24) is 4.90 Å². The number of nitrogens with zero attached hydrogens (tertiary/aromatic N) is 1. The number of benzene rings is 1. The van der Waals surface area contributed by atoms with Crippen molar-refractivity contribution in [2.24, 2.45) is 0 Å². The largest absolute Gasteiger partial charge is 0.307 e. The third-order valence-electron chi connectivity index (χ3n) is 3.24. The highest BCUT2D eigenvalue weighted by Crippen LogP contribution is 2.21. The van der Waals surface area contributed by atoms with Crippen LogP contribution < -0.4 is 0 Å². The Labute approximate surface area is 122 Å². The molecular weight excluding hydrogens is 261 g/mol. The molecule has 0 spiro atoms. The van der Waals surface area contributed by atoms with E-state index in [0.717, 1.165) is 24.8 Å². The first kappa shape index (κ1) is 18.4. The van der Waals surface area contributed by atoms with E-state index >= 15 is 0 Å². The summed E-state index contributed by atoms with van der Waals surface area (Å²) in [6.07, 6.45) is 3.20. The van der Waals surface area contributed by atoms with Gasteiger partial charge in [0.15, 0.2) is 0 Å². The fourth-order valence-corrected chi connectivity index (χ4v) is 2.09. The third kappa shape index (κ3) is 6.40. The number of aryl methyl sites for hydroxylation is 2. The summed E-state index contributed by atoms with van der Waals surface area (Å²) in [6, 6.07) is 4.21. The third-order valence-corrected chi connectivity index (χ3v) is 3.51. The summed E-state index contributed by atoms with van der Waals surface area (Å²) < 4.78 is 13.3. The van der Waals surface area contributed by atoms with Gasteiger partial charge < -0.3 is 4.90 Å². The van der Waals surface area contributed by atoms with E-state index in [1.807, 2.05) is 19.9 Å². The van der Waals surface area contributed by atoms with Crippen molar-refractivity contribution in [1.29, 1.82) is 0 Å². The van der Waals surface area contributed by atoms with Crippen LogP contribution in [0.5, 0.6) is 0 Å². The molecule has 0 amide bonds. The Bertz CT molecular complexity index is 354. The van der Waals surface area contributed by atoms with Crippen LogP contribution in [0, 0.1) is 12.7 Å². The molecule has 1 atom stereocenters. The molecule has 0 fully saturated rings. The van der Waals surface area contributed by atoms with Gasteiger partial charge in [-0.15, -0.1) is 0 Å². The Morgan fingerprint density at radius 1 is 1.26 bits per heavy atom. The Morgan fingerprint density at radius 3 is 2.32 bits per heavy atom. The Hall–Kier alpha value is -0.600. The second kappa shape index (κ2) is 9.33. The van der Waals surface area contributed by atoms with E-state index in [4.69, 9.17) is 11.6 Å². The average Bonchev–Trinajstić information content (AvgIpc) is 2.38. The molecule has 19 heavy (non-hydrogen) atoms. The highest BCUT2D eigenvalue weighted by atomic mass is 35.5. The summed E-state index contributed by atoms with van der Waals surface area (Å²) in [6.45, 7) is 7.97. The van der Waals surface area contributed by atoms with E-state index in [1.54, 1.807) is 13.0 Å². The maximum Gasteiger partial charge on any atom is 0.144 e. The molecule has 3 heteroatoms. The quantitative estimate of drug-likeness (QED) is 0.729. The molecular formula is C16H27ClFN. The van der Waals surface area contributed by atoms with E-state index in [0.29, 0.717) is 11.6 Å². The lowest BCUT2D eigenvalue weighted by atomic mass is 10.0. The SMILES string of the molecule is CC.Cc1cc(CCC[C@H](C)N(C)C)cc(Cl)c1F. The van der Waals surface area contributed by atoms with Gasteiger partial charge in [0.05, 0.1) is 5.02 Å². The molecule has 0 radical (unpaired) electrons. The lowest BCUT2D eigenvalue weighted by Crippen LogP contribution is -2.24. The normalized spacial score (nSPS) is 12.1. The van der Waals surface area contributed by atoms with Gasteiger partial charge >= 0.3 is 0 Å². The van der Waals surface area contributed by atoms with E-state index < -0.39 is 0 Å². The first-order chi connectivity index (χ1) is 8.91. The van der Waals surface area contributed by atoms with Crippen molar-refractivity contribution in [2.45, 2.75) is 53.0 Å². The van der Waals surface area contributed by atoms with Crippen LogP contribution in [0.25, 0.3) is 0 Å². The maximum atomic E-state index is 13.3. The summed E-state index contributed by atoms with van der Waals surface area (Å²) in [7, 11) is 4.17. The summed E-state index contributed by atoms with van der Waals surface area (Å²) in [5.74, 6) is -0.294. The summed E-state index contributed by atoms with van der Waals surface area (Å²) >= 11 is 5.83. The standard InChI is InChI=1S/C14H21ClFN.C2H6/c1-10-8-12(9-13(15)14(10)16)7-5-6-11(2)17(3)4;1-2/h8-9,11H,5-7H2,1-4H3;1-2H3/t11-;/m0./s1. The minimum atomic E-state index is -0.294. The first-order valence-electron chi connectivity index (χ1n) is 7.02. The molecule has 0 aliphatic carbocycles. The molecule has 0 unspecified atom stereocenters. The highest BCUT2D eigenvalue weighted by molar-refractivity contribution is 6.30. The average molecular weight is 288 g/mol. The molecule has 0 aromatic heterocycles. The van der Waals surface area contributed by atoms with Crippen LogP contribution in [0.2, 0.25) is 5.02 Å². The van der Waals surface area contributed by atoms with Crippen LogP contribution in [0.4, 0.5) is 4.39 Å². The Balaban J connectivity index is 0.00000154. The minimum Gasteiger partial charge on any atom is -0.307 e. The predicted molar refractivity (Wildman–Crippen MR) is 83.6 cm³/mol. The van der Waals surface area contributed by atoms with Crippen LogP contribution in [0.1, 0.15) is 44.7 Å². The molecule has 1 nitrogen and oxygen atoms in total. The molecule has 0 aliphatic rings. The van der Waals surface area contributed by atoms with Gasteiger partial charge in [0, 0.05) is 6.04 Å². The molecule has 0 saturated carbocycles. The van der Waals surface area contributed by atoms with Crippen LogP contribution in [0.15, 0.2) is 12.1 Å². The zero-order valence-corrected chi connectivity index (χ0v) is 13.8. The summed E-state index contributed by atoms with van der Waals surface area (Å²) in [5.41, 5.74) is 1.76. The van der Waals surface area contributed by atoms with Gasteiger partial charge in [0.25, 0.3) is 0 Å². The molecule has 0 saturated heterocycles. The second-order valence-corrected chi connectivity index (χ2v) is 5.32. The van der Waals surface area contributed by atoms with Gasteiger partial charge in [-0.05, 0) is 64.4 Å². The van der Waals surface area contributed by atoms with Gasteiger partial charge in [-0.25, -0.2) is 4.39 Å². The number of hydrogen-bond acceptors (Lipinski definition) is 1. The van der Waals surface area contributed by atoms with Crippen LogP contribution in [-0.2, 0) is 6.42 Å². The Morgan fingerprint density at radius 2 is 1.84 bits per heavy atom. The van der Waals surface area contributed by atoms with Gasteiger partial charge in [0.2, 0.25) is 0 Å². The smallest absolute Gasteiger partial charge is 0.144 e. The topological polar surface area (TPSA) is 3.24 Å². The summed E-state index contributed by atoms with van der Waals surface area (Å²) in [5, 5.41) is 0.237. The van der Waals surface area contributed by atoms with Gasteiger partial charge in [0.1, 0.15) is 5.82 Å².